The van der Waals surface area contributed by atoms with Crippen molar-refractivity contribution in [2.75, 3.05) is 6.61 Å². The predicted molar refractivity (Wildman–Crippen MR) is 82.7 cm³/mol. The van der Waals surface area contributed by atoms with Crippen LogP contribution < -0.4 is 4.74 Å². The molecule has 0 atom stereocenters. The van der Waals surface area contributed by atoms with Crippen molar-refractivity contribution in [3.05, 3.63) is 77.3 Å². The molecule has 0 amide bonds. The number of carbonyl (C=O) groups excluding carboxylic acids is 1. The Morgan fingerprint density at radius 3 is 2.62 bits per heavy atom. The summed E-state index contributed by atoms with van der Waals surface area (Å²) < 4.78 is 10.6. The van der Waals surface area contributed by atoms with Crippen molar-refractivity contribution in [1.82, 2.24) is 0 Å². The van der Waals surface area contributed by atoms with Gasteiger partial charge in [0.15, 0.2) is 0 Å². The topological polar surface area (TPSA) is 35.5 Å². The molecule has 0 saturated heterocycles. The van der Waals surface area contributed by atoms with E-state index in [-0.39, 0.29) is 6.61 Å². The molecule has 0 aliphatic rings. The first-order valence-corrected chi connectivity index (χ1v) is 6.83. The Labute approximate surface area is 128 Å². The third kappa shape index (κ3) is 4.36. The monoisotopic (exact) mass is 302 g/mol. The lowest BCUT2D eigenvalue weighted by Gasteiger charge is -2.09. The highest BCUT2D eigenvalue weighted by atomic mass is 35.5. The van der Waals surface area contributed by atoms with Gasteiger partial charge >= 0.3 is 5.97 Å². The molecule has 0 aromatic heterocycles. The molecule has 4 heteroatoms. The molecule has 0 saturated carbocycles. The zero-order valence-electron chi connectivity index (χ0n) is 11.4. The Bertz CT molecular complexity index is 623. The van der Waals surface area contributed by atoms with E-state index in [4.69, 9.17) is 21.1 Å². The van der Waals surface area contributed by atoms with Crippen LogP contribution in [0.4, 0.5) is 0 Å². The van der Waals surface area contributed by atoms with Crippen LogP contribution in [0.25, 0.3) is 0 Å². The van der Waals surface area contributed by atoms with Gasteiger partial charge in [0.25, 0.3) is 0 Å². The summed E-state index contributed by atoms with van der Waals surface area (Å²) >= 11 is 6.12. The van der Waals surface area contributed by atoms with E-state index in [1.54, 1.807) is 12.1 Å². The number of ether oxygens (including phenoxy) is 2. The van der Waals surface area contributed by atoms with Crippen LogP contribution in [0.2, 0.25) is 5.02 Å². The van der Waals surface area contributed by atoms with Crippen LogP contribution in [-0.2, 0) is 11.3 Å². The van der Waals surface area contributed by atoms with Gasteiger partial charge in [-0.2, -0.15) is 0 Å². The van der Waals surface area contributed by atoms with Gasteiger partial charge in [-0.3, -0.25) is 0 Å². The molecule has 2 aromatic rings. The van der Waals surface area contributed by atoms with E-state index in [1.165, 1.54) is 12.1 Å². The smallest absolute Gasteiger partial charge is 0.338 e. The number of hydrogen-bond acceptors (Lipinski definition) is 3. The lowest BCUT2D eigenvalue weighted by Crippen LogP contribution is -2.05. The fraction of sp³-hybridized carbons (Fsp3) is 0.118. The van der Waals surface area contributed by atoms with Gasteiger partial charge < -0.3 is 9.47 Å². The summed E-state index contributed by atoms with van der Waals surface area (Å²) in [6, 6.07) is 14.6. The highest BCUT2D eigenvalue weighted by Crippen LogP contribution is 2.26. The van der Waals surface area contributed by atoms with E-state index < -0.39 is 5.97 Å². The second-order valence-electron chi connectivity index (χ2n) is 4.31. The molecule has 2 aromatic carbocycles. The third-order valence-corrected chi connectivity index (χ3v) is 3.03. The summed E-state index contributed by atoms with van der Waals surface area (Å²) in [7, 11) is 0. The SMILES string of the molecule is C=CCOC(=O)c1ccc(OCc2ccccc2)c(Cl)c1. The highest BCUT2D eigenvalue weighted by molar-refractivity contribution is 6.32. The van der Waals surface area contributed by atoms with Gasteiger partial charge in [0.05, 0.1) is 10.6 Å². The third-order valence-electron chi connectivity index (χ3n) is 2.74. The van der Waals surface area contributed by atoms with Gasteiger partial charge in [-0.05, 0) is 23.8 Å². The molecule has 0 fully saturated rings. The number of halogens is 1. The van der Waals surface area contributed by atoms with E-state index in [9.17, 15) is 4.79 Å². The van der Waals surface area contributed by atoms with Crippen LogP contribution in [0.3, 0.4) is 0 Å². The number of hydrogen-bond donors (Lipinski definition) is 0. The molecule has 0 heterocycles. The van der Waals surface area contributed by atoms with Crippen molar-refractivity contribution in [2.24, 2.45) is 0 Å². The number of carbonyl (C=O) groups is 1. The first-order chi connectivity index (χ1) is 10.2. The molecule has 21 heavy (non-hydrogen) atoms. The summed E-state index contributed by atoms with van der Waals surface area (Å²) in [5.41, 5.74) is 1.43. The average molecular weight is 303 g/mol. The van der Waals surface area contributed by atoms with Crippen molar-refractivity contribution >= 4 is 17.6 Å². The van der Waals surface area contributed by atoms with Crippen molar-refractivity contribution < 1.29 is 14.3 Å². The van der Waals surface area contributed by atoms with Crippen LogP contribution in [0.1, 0.15) is 15.9 Å². The maximum atomic E-state index is 11.7. The van der Waals surface area contributed by atoms with Crippen LogP contribution in [0.15, 0.2) is 61.2 Å². The van der Waals surface area contributed by atoms with Crippen LogP contribution in [0, 0.1) is 0 Å². The zero-order chi connectivity index (χ0) is 15.1. The summed E-state index contributed by atoms with van der Waals surface area (Å²) in [5.74, 6) is 0.0900. The second-order valence-corrected chi connectivity index (χ2v) is 4.71. The molecule has 0 N–H and O–H groups in total. The lowest BCUT2D eigenvalue weighted by molar-refractivity contribution is 0.0549. The number of rotatable bonds is 6. The molecule has 0 radical (unpaired) electrons. The molecule has 0 bridgehead atoms. The Hall–Kier alpha value is -2.26. The van der Waals surface area contributed by atoms with Crippen LogP contribution >= 0.6 is 11.6 Å². The van der Waals surface area contributed by atoms with Gasteiger partial charge in [0, 0.05) is 0 Å². The molecule has 2 rings (SSSR count). The van der Waals surface area contributed by atoms with Crippen molar-refractivity contribution in [2.45, 2.75) is 6.61 Å². The van der Waals surface area contributed by atoms with Gasteiger partial charge in [-0.25, -0.2) is 4.79 Å². The summed E-state index contributed by atoms with van der Waals surface area (Å²) in [5, 5.41) is 0.374. The first kappa shape index (κ1) is 15.1. The van der Waals surface area contributed by atoms with Crippen LogP contribution in [-0.4, -0.2) is 12.6 Å². The highest BCUT2D eigenvalue weighted by Gasteiger charge is 2.10. The minimum absolute atomic E-state index is 0.169. The molecule has 3 nitrogen and oxygen atoms in total. The first-order valence-electron chi connectivity index (χ1n) is 6.45. The Morgan fingerprint density at radius 2 is 1.95 bits per heavy atom. The van der Waals surface area contributed by atoms with E-state index in [2.05, 4.69) is 6.58 Å². The fourth-order valence-electron chi connectivity index (χ4n) is 1.70. The Balaban J connectivity index is 2.02. The summed E-state index contributed by atoms with van der Waals surface area (Å²) in [4.78, 5) is 11.7. The standard InChI is InChI=1S/C17H15ClO3/c1-2-10-20-17(19)14-8-9-16(15(18)11-14)21-12-13-6-4-3-5-7-13/h2-9,11H,1,10,12H2. The van der Waals surface area contributed by atoms with E-state index in [1.807, 2.05) is 30.3 Å². The Morgan fingerprint density at radius 1 is 1.19 bits per heavy atom. The normalized spacial score (nSPS) is 9.95. The van der Waals surface area contributed by atoms with Crippen LogP contribution in [0.5, 0.6) is 5.75 Å². The minimum atomic E-state index is -0.439. The lowest BCUT2D eigenvalue weighted by atomic mass is 10.2. The molecule has 0 spiro atoms. The Kier molecular flexibility index (Phi) is 5.41. The summed E-state index contributed by atoms with van der Waals surface area (Å²) in [6.07, 6.45) is 1.51. The molecule has 108 valence electrons. The minimum Gasteiger partial charge on any atom is -0.487 e. The average Bonchev–Trinajstić information content (AvgIpc) is 2.52. The fourth-order valence-corrected chi connectivity index (χ4v) is 1.93. The largest absolute Gasteiger partial charge is 0.487 e. The molecule has 0 unspecified atom stereocenters. The van der Waals surface area contributed by atoms with E-state index in [0.717, 1.165) is 5.56 Å². The van der Waals surface area contributed by atoms with Gasteiger partial charge in [-0.1, -0.05) is 54.6 Å². The number of benzene rings is 2. The van der Waals surface area contributed by atoms with E-state index >= 15 is 0 Å². The quantitative estimate of drug-likeness (QED) is 0.591. The van der Waals surface area contributed by atoms with Crippen molar-refractivity contribution in [3.8, 4) is 5.75 Å². The van der Waals surface area contributed by atoms with E-state index in [0.29, 0.717) is 22.9 Å². The van der Waals surface area contributed by atoms with Crippen molar-refractivity contribution in [1.29, 1.82) is 0 Å². The number of esters is 1. The molecule has 0 aliphatic carbocycles. The second kappa shape index (κ2) is 7.50. The molecular formula is C17H15ClO3. The maximum Gasteiger partial charge on any atom is 0.338 e. The van der Waals surface area contributed by atoms with Gasteiger partial charge in [0.1, 0.15) is 19.0 Å². The molecular weight excluding hydrogens is 288 g/mol. The summed E-state index contributed by atoms with van der Waals surface area (Å²) in [6.45, 7) is 4.07. The van der Waals surface area contributed by atoms with Gasteiger partial charge in [0.2, 0.25) is 0 Å². The molecule has 0 aliphatic heterocycles. The predicted octanol–water partition coefficient (Wildman–Crippen LogP) is 4.26. The van der Waals surface area contributed by atoms with Crippen molar-refractivity contribution in [3.63, 3.8) is 0 Å². The zero-order valence-corrected chi connectivity index (χ0v) is 12.2. The maximum absolute atomic E-state index is 11.7. The van der Waals surface area contributed by atoms with Gasteiger partial charge in [-0.15, -0.1) is 0 Å².